The van der Waals surface area contributed by atoms with Crippen molar-refractivity contribution >= 4 is 12.2 Å². The monoisotopic (exact) mass is 236 g/mol. The Morgan fingerprint density at radius 1 is 1.00 bits per heavy atom. The van der Waals surface area contributed by atoms with Gasteiger partial charge in [-0.25, -0.2) is 0 Å². The minimum Gasteiger partial charge on any atom is -0.556 e. The molecule has 2 rings (SSSR count). The van der Waals surface area contributed by atoms with Gasteiger partial charge >= 0.3 is 6.75 Å². The third kappa shape index (κ3) is 3.29. The van der Waals surface area contributed by atoms with E-state index in [2.05, 4.69) is 4.90 Å². The average molecular weight is 236 g/mol. The summed E-state index contributed by atoms with van der Waals surface area (Å²) in [6.45, 7) is -0.649. The van der Waals surface area contributed by atoms with Crippen LogP contribution < -0.4 is 5.46 Å². The first-order valence-corrected chi connectivity index (χ1v) is 6.19. The number of benzene rings is 1. The normalized spacial score (nSPS) is 18.3. The van der Waals surface area contributed by atoms with E-state index in [1.54, 1.807) is 12.1 Å². The molecule has 5 heteroatoms. The molecule has 3 N–H and O–H groups in total. The molecular formula is C12H19BNO3-. The Morgan fingerprint density at radius 3 is 2.29 bits per heavy atom. The second-order valence-corrected chi connectivity index (χ2v) is 4.77. The van der Waals surface area contributed by atoms with Crippen LogP contribution in [-0.4, -0.2) is 39.8 Å². The van der Waals surface area contributed by atoms with E-state index in [0.29, 0.717) is 6.54 Å². The highest BCUT2D eigenvalue weighted by molar-refractivity contribution is 6.72. The Balaban J connectivity index is 2.14. The van der Waals surface area contributed by atoms with Crippen molar-refractivity contribution in [1.82, 2.24) is 4.90 Å². The highest BCUT2D eigenvalue weighted by Crippen LogP contribution is 2.12. The summed E-state index contributed by atoms with van der Waals surface area (Å²) in [6.07, 6.45) is 3.65. The van der Waals surface area contributed by atoms with E-state index in [4.69, 9.17) is 0 Å². The lowest BCUT2D eigenvalue weighted by Crippen LogP contribution is -2.51. The number of likely N-dealkylation sites (tertiary alicyclic amines) is 1. The van der Waals surface area contributed by atoms with E-state index in [-0.39, 0.29) is 5.46 Å². The highest BCUT2D eigenvalue weighted by Gasteiger charge is 2.22. The standard InChI is InChI=1S/C12H19BNO3/c15-13(16,17)12-7-3-2-6-11(12)10-14-8-4-1-5-9-14/h2-3,6-7,15-17H,1,4-5,8-10H2/q-1. The molecule has 0 radical (unpaired) electrons. The second-order valence-electron chi connectivity index (χ2n) is 4.77. The maximum atomic E-state index is 9.35. The molecule has 17 heavy (non-hydrogen) atoms. The van der Waals surface area contributed by atoms with Crippen LogP contribution in [0, 0.1) is 0 Å². The second kappa shape index (κ2) is 5.18. The molecule has 0 aromatic heterocycles. The Labute approximate surface area is 102 Å². The van der Waals surface area contributed by atoms with E-state index in [0.717, 1.165) is 18.7 Å². The largest absolute Gasteiger partial charge is 0.556 e. The number of hydrogen-bond acceptors (Lipinski definition) is 4. The number of hydrogen-bond donors (Lipinski definition) is 3. The van der Waals surface area contributed by atoms with Crippen LogP contribution in [0.3, 0.4) is 0 Å². The lowest BCUT2D eigenvalue weighted by Gasteiger charge is -2.30. The van der Waals surface area contributed by atoms with Crippen LogP contribution in [0.4, 0.5) is 0 Å². The molecule has 0 atom stereocenters. The van der Waals surface area contributed by atoms with Gasteiger partial charge in [-0.15, -0.1) is 5.46 Å². The van der Waals surface area contributed by atoms with Gasteiger partial charge in [-0.2, -0.15) is 0 Å². The molecule has 1 fully saturated rings. The molecule has 1 aromatic carbocycles. The third-order valence-corrected chi connectivity index (χ3v) is 3.31. The molecule has 0 saturated carbocycles. The molecule has 0 aliphatic carbocycles. The molecule has 1 aromatic rings. The summed E-state index contributed by atoms with van der Waals surface area (Å²) in [7, 11) is 0. The zero-order chi connectivity index (χ0) is 12.3. The third-order valence-electron chi connectivity index (χ3n) is 3.31. The Bertz CT molecular complexity index is 372. The predicted octanol–water partition coefficient (Wildman–Crippen LogP) is -0.205. The Hall–Kier alpha value is -0.875. The van der Waals surface area contributed by atoms with Gasteiger partial charge in [0.15, 0.2) is 0 Å². The number of piperidine rings is 1. The van der Waals surface area contributed by atoms with E-state index < -0.39 is 6.75 Å². The first-order valence-electron chi connectivity index (χ1n) is 6.19. The maximum absolute atomic E-state index is 9.35. The fourth-order valence-electron chi connectivity index (χ4n) is 2.41. The van der Waals surface area contributed by atoms with Crippen molar-refractivity contribution in [3.05, 3.63) is 29.8 Å². The van der Waals surface area contributed by atoms with Gasteiger partial charge in [0.25, 0.3) is 0 Å². The van der Waals surface area contributed by atoms with E-state index in [9.17, 15) is 15.1 Å². The lowest BCUT2D eigenvalue weighted by molar-refractivity contribution is 0.219. The van der Waals surface area contributed by atoms with Crippen molar-refractivity contribution < 1.29 is 15.1 Å². The number of rotatable bonds is 3. The molecule has 0 bridgehead atoms. The predicted molar refractivity (Wildman–Crippen MR) is 67.6 cm³/mol. The number of nitrogens with zero attached hydrogens (tertiary/aromatic N) is 1. The summed E-state index contributed by atoms with van der Waals surface area (Å²) < 4.78 is 0. The molecule has 1 aliphatic heterocycles. The highest BCUT2D eigenvalue weighted by atomic mass is 16.5. The average Bonchev–Trinajstić information content (AvgIpc) is 2.30. The minimum atomic E-state index is -3.39. The van der Waals surface area contributed by atoms with Gasteiger partial charge in [-0.1, -0.05) is 36.2 Å². The van der Waals surface area contributed by atoms with Gasteiger partial charge in [0.2, 0.25) is 0 Å². The van der Waals surface area contributed by atoms with Crippen LogP contribution in [0.15, 0.2) is 24.3 Å². The first kappa shape index (κ1) is 12.6. The van der Waals surface area contributed by atoms with Crippen LogP contribution >= 0.6 is 0 Å². The summed E-state index contributed by atoms with van der Waals surface area (Å²) in [5, 5.41) is 28.1. The zero-order valence-corrected chi connectivity index (χ0v) is 9.92. The van der Waals surface area contributed by atoms with Crippen molar-refractivity contribution in [3.8, 4) is 0 Å². The van der Waals surface area contributed by atoms with Crippen LogP contribution in [0.25, 0.3) is 0 Å². The van der Waals surface area contributed by atoms with Gasteiger partial charge in [-0.05, 0) is 25.9 Å². The van der Waals surface area contributed by atoms with E-state index in [1.165, 1.54) is 19.3 Å². The molecule has 94 valence electrons. The topological polar surface area (TPSA) is 63.9 Å². The molecule has 1 saturated heterocycles. The van der Waals surface area contributed by atoms with Crippen molar-refractivity contribution in [3.63, 3.8) is 0 Å². The van der Waals surface area contributed by atoms with E-state index in [1.807, 2.05) is 12.1 Å². The summed E-state index contributed by atoms with van der Waals surface area (Å²) >= 11 is 0. The van der Waals surface area contributed by atoms with Crippen molar-refractivity contribution in [2.75, 3.05) is 13.1 Å². The fourth-order valence-corrected chi connectivity index (χ4v) is 2.41. The molecule has 1 aliphatic rings. The van der Waals surface area contributed by atoms with Crippen LogP contribution in [-0.2, 0) is 6.54 Å². The minimum absolute atomic E-state index is 0.234. The molecular weight excluding hydrogens is 217 g/mol. The lowest BCUT2D eigenvalue weighted by atomic mass is 9.68. The summed E-state index contributed by atoms with van der Waals surface area (Å²) in [6, 6.07) is 6.96. The van der Waals surface area contributed by atoms with Crippen LogP contribution in [0.5, 0.6) is 0 Å². The smallest absolute Gasteiger partial charge is 0.402 e. The molecule has 0 spiro atoms. The maximum Gasteiger partial charge on any atom is 0.402 e. The first-order chi connectivity index (χ1) is 8.07. The van der Waals surface area contributed by atoms with Gasteiger partial charge in [0.05, 0.1) is 0 Å². The van der Waals surface area contributed by atoms with Crippen molar-refractivity contribution in [1.29, 1.82) is 0 Å². The quantitative estimate of drug-likeness (QED) is 0.636. The van der Waals surface area contributed by atoms with Crippen LogP contribution in [0.2, 0.25) is 0 Å². The fraction of sp³-hybridized carbons (Fsp3) is 0.500. The van der Waals surface area contributed by atoms with Gasteiger partial charge in [-0.3, -0.25) is 4.90 Å². The van der Waals surface area contributed by atoms with Crippen molar-refractivity contribution in [2.24, 2.45) is 0 Å². The Morgan fingerprint density at radius 2 is 1.65 bits per heavy atom. The van der Waals surface area contributed by atoms with E-state index >= 15 is 0 Å². The Kier molecular flexibility index (Phi) is 3.84. The molecule has 0 unspecified atom stereocenters. The van der Waals surface area contributed by atoms with Crippen molar-refractivity contribution in [2.45, 2.75) is 25.8 Å². The summed E-state index contributed by atoms with van der Waals surface area (Å²) in [5.74, 6) is 0. The molecule has 1 heterocycles. The SMILES string of the molecule is O[B-](O)(O)c1ccccc1CN1CCCCC1. The summed E-state index contributed by atoms with van der Waals surface area (Å²) in [5.41, 5.74) is 1.03. The molecule has 4 nitrogen and oxygen atoms in total. The van der Waals surface area contributed by atoms with Gasteiger partial charge in [0, 0.05) is 6.54 Å². The van der Waals surface area contributed by atoms with Gasteiger partial charge in [0.1, 0.15) is 0 Å². The van der Waals surface area contributed by atoms with Crippen LogP contribution in [0.1, 0.15) is 24.8 Å². The molecule has 0 amide bonds. The zero-order valence-electron chi connectivity index (χ0n) is 9.92. The van der Waals surface area contributed by atoms with Gasteiger partial charge < -0.3 is 15.1 Å². The summed E-state index contributed by atoms with van der Waals surface area (Å²) in [4.78, 5) is 2.28.